The van der Waals surface area contributed by atoms with Gasteiger partial charge in [-0.25, -0.2) is 9.48 Å². The summed E-state index contributed by atoms with van der Waals surface area (Å²) in [7, 11) is 0. The normalized spacial score (nSPS) is 11.0. The highest BCUT2D eigenvalue weighted by molar-refractivity contribution is 6.34. The van der Waals surface area contributed by atoms with E-state index in [-0.39, 0.29) is 11.9 Å². The van der Waals surface area contributed by atoms with Crippen LogP contribution in [-0.4, -0.2) is 22.4 Å². The van der Waals surface area contributed by atoms with Crippen molar-refractivity contribution in [3.8, 4) is 5.69 Å². The fourth-order valence-electron chi connectivity index (χ4n) is 2.15. The minimum Gasteiger partial charge on any atom is -0.462 e. The van der Waals surface area contributed by atoms with E-state index in [1.165, 1.54) is 6.20 Å². The maximum absolute atomic E-state index is 12.0. The van der Waals surface area contributed by atoms with Gasteiger partial charge >= 0.3 is 5.97 Å². The number of benzene rings is 1. The highest BCUT2D eigenvalue weighted by atomic mass is 35.5. The first-order valence-corrected chi connectivity index (χ1v) is 7.41. The van der Waals surface area contributed by atoms with E-state index in [0.29, 0.717) is 27.9 Å². The van der Waals surface area contributed by atoms with Crippen LogP contribution in [0.1, 0.15) is 42.7 Å². The fourth-order valence-corrected chi connectivity index (χ4v) is 2.66. The highest BCUT2D eigenvalue weighted by Gasteiger charge is 2.22. The lowest BCUT2D eigenvalue weighted by Gasteiger charge is -2.13. The van der Waals surface area contributed by atoms with Crippen molar-refractivity contribution in [2.45, 2.75) is 26.7 Å². The molecule has 0 radical (unpaired) electrons. The summed E-state index contributed by atoms with van der Waals surface area (Å²) in [4.78, 5) is 12.0. The van der Waals surface area contributed by atoms with Gasteiger partial charge in [0.15, 0.2) is 0 Å². The van der Waals surface area contributed by atoms with Gasteiger partial charge in [0.05, 0.1) is 24.2 Å². The molecule has 0 N–H and O–H groups in total. The molecule has 21 heavy (non-hydrogen) atoms. The van der Waals surface area contributed by atoms with Crippen molar-refractivity contribution in [3.63, 3.8) is 0 Å². The molecule has 0 amide bonds. The first-order chi connectivity index (χ1) is 9.93. The minimum absolute atomic E-state index is 0.0877. The van der Waals surface area contributed by atoms with Crippen molar-refractivity contribution in [2.75, 3.05) is 6.61 Å². The Morgan fingerprint density at radius 3 is 2.43 bits per heavy atom. The van der Waals surface area contributed by atoms with Gasteiger partial charge in [-0.3, -0.25) is 0 Å². The zero-order valence-corrected chi connectivity index (χ0v) is 13.6. The largest absolute Gasteiger partial charge is 0.462 e. The van der Waals surface area contributed by atoms with Crippen molar-refractivity contribution < 1.29 is 9.53 Å². The van der Waals surface area contributed by atoms with Gasteiger partial charge in [0.1, 0.15) is 5.56 Å². The van der Waals surface area contributed by atoms with Gasteiger partial charge in [-0.1, -0.05) is 37.0 Å². The molecule has 6 heteroatoms. The van der Waals surface area contributed by atoms with E-state index in [0.717, 1.165) is 5.69 Å². The molecule has 1 aromatic heterocycles. The predicted molar refractivity (Wildman–Crippen MR) is 83.6 cm³/mol. The third-order valence-electron chi connectivity index (χ3n) is 2.94. The monoisotopic (exact) mass is 326 g/mol. The third-order valence-corrected chi connectivity index (χ3v) is 3.38. The van der Waals surface area contributed by atoms with E-state index in [1.54, 1.807) is 29.8 Å². The van der Waals surface area contributed by atoms with Crippen LogP contribution in [0.5, 0.6) is 0 Å². The van der Waals surface area contributed by atoms with Crippen molar-refractivity contribution in [1.29, 1.82) is 0 Å². The summed E-state index contributed by atoms with van der Waals surface area (Å²) in [6, 6.07) is 5.15. The molecule has 4 nitrogen and oxygen atoms in total. The molecule has 0 spiro atoms. The van der Waals surface area contributed by atoms with Gasteiger partial charge in [0.25, 0.3) is 0 Å². The maximum Gasteiger partial charge on any atom is 0.341 e. The van der Waals surface area contributed by atoms with Crippen LogP contribution in [-0.2, 0) is 4.74 Å². The molecule has 112 valence electrons. The van der Waals surface area contributed by atoms with Gasteiger partial charge in [-0.15, -0.1) is 0 Å². The Labute approximate surface area is 133 Å². The molecule has 0 saturated heterocycles. The van der Waals surface area contributed by atoms with Crippen LogP contribution in [0.15, 0.2) is 24.4 Å². The molecule has 0 aliphatic rings. The number of rotatable bonds is 4. The first kappa shape index (κ1) is 15.9. The zero-order chi connectivity index (χ0) is 15.6. The van der Waals surface area contributed by atoms with Crippen molar-refractivity contribution in [2.24, 2.45) is 0 Å². The average Bonchev–Trinajstić information content (AvgIpc) is 2.82. The lowest BCUT2D eigenvalue weighted by atomic mass is 10.1. The van der Waals surface area contributed by atoms with Crippen LogP contribution in [0.25, 0.3) is 5.69 Å². The number of carbonyl (C=O) groups is 1. The number of esters is 1. The predicted octanol–water partition coefficient (Wildman–Crippen LogP) is 4.48. The smallest absolute Gasteiger partial charge is 0.341 e. The maximum atomic E-state index is 12.0. The zero-order valence-electron chi connectivity index (χ0n) is 12.1. The summed E-state index contributed by atoms with van der Waals surface area (Å²) in [6.07, 6.45) is 1.52. The third kappa shape index (κ3) is 3.39. The van der Waals surface area contributed by atoms with E-state index in [1.807, 2.05) is 13.8 Å². The molecule has 1 heterocycles. The molecule has 0 atom stereocenters. The number of halogens is 2. The second-order valence-corrected chi connectivity index (χ2v) is 5.73. The quantitative estimate of drug-likeness (QED) is 0.778. The van der Waals surface area contributed by atoms with Crippen LogP contribution in [0.4, 0.5) is 0 Å². The van der Waals surface area contributed by atoms with Gasteiger partial charge in [-0.2, -0.15) is 5.10 Å². The summed E-state index contributed by atoms with van der Waals surface area (Å²) < 4.78 is 6.75. The van der Waals surface area contributed by atoms with Crippen molar-refractivity contribution in [1.82, 2.24) is 9.78 Å². The molecule has 2 rings (SSSR count). The van der Waals surface area contributed by atoms with Crippen molar-refractivity contribution in [3.05, 3.63) is 45.7 Å². The summed E-state index contributed by atoms with van der Waals surface area (Å²) in [6.45, 7) is 6.07. The summed E-state index contributed by atoms with van der Waals surface area (Å²) in [5, 5.41) is 5.32. The molecule has 1 aromatic carbocycles. The Hall–Kier alpha value is -1.52. The average molecular weight is 327 g/mol. The van der Waals surface area contributed by atoms with Crippen LogP contribution in [0.3, 0.4) is 0 Å². The standard InChI is InChI=1S/C15H16Cl2N2O2/c1-4-21-15(20)13-8-18-19(14(13)9(2)3)12-6-10(16)5-11(17)7-12/h5-9H,4H2,1-3H3. The van der Waals surface area contributed by atoms with Gasteiger partial charge in [-0.05, 0) is 31.0 Å². The van der Waals surface area contributed by atoms with Crippen LogP contribution in [0.2, 0.25) is 10.0 Å². The Bertz CT molecular complexity index is 645. The number of hydrogen-bond donors (Lipinski definition) is 0. The lowest BCUT2D eigenvalue weighted by Crippen LogP contribution is -2.11. The molecule has 0 aliphatic carbocycles. The number of aromatic nitrogens is 2. The topological polar surface area (TPSA) is 44.1 Å². The molecule has 0 unspecified atom stereocenters. The molecular weight excluding hydrogens is 311 g/mol. The molecule has 0 saturated carbocycles. The van der Waals surface area contributed by atoms with Gasteiger partial charge < -0.3 is 4.74 Å². The lowest BCUT2D eigenvalue weighted by molar-refractivity contribution is 0.0524. The molecule has 0 aliphatic heterocycles. The second-order valence-electron chi connectivity index (χ2n) is 4.86. The van der Waals surface area contributed by atoms with Crippen molar-refractivity contribution >= 4 is 29.2 Å². The first-order valence-electron chi connectivity index (χ1n) is 6.65. The van der Waals surface area contributed by atoms with E-state index < -0.39 is 0 Å². The van der Waals surface area contributed by atoms with E-state index in [9.17, 15) is 4.79 Å². The van der Waals surface area contributed by atoms with E-state index in [2.05, 4.69) is 5.10 Å². The summed E-state index contributed by atoms with van der Waals surface area (Å²) in [5.41, 5.74) is 1.95. The van der Waals surface area contributed by atoms with Gasteiger partial charge in [0, 0.05) is 10.0 Å². The molecular formula is C15H16Cl2N2O2. The van der Waals surface area contributed by atoms with Crippen LogP contribution >= 0.6 is 23.2 Å². The van der Waals surface area contributed by atoms with Gasteiger partial charge in [0.2, 0.25) is 0 Å². The van der Waals surface area contributed by atoms with E-state index >= 15 is 0 Å². The molecule has 2 aromatic rings. The fraction of sp³-hybridized carbons (Fsp3) is 0.333. The highest BCUT2D eigenvalue weighted by Crippen LogP contribution is 2.27. The molecule has 0 bridgehead atoms. The SMILES string of the molecule is CCOC(=O)c1cnn(-c2cc(Cl)cc(Cl)c2)c1C(C)C. The van der Waals surface area contributed by atoms with E-state index in [4.69, 9.17) is 27.9 Å². The summed E-state index contributed by atoms with van der Waals surface area (Å²) in [5.74, 6) is -0.287. The number of carbonyl (C=O) groups excluding carboxylic acids is 1. The number of hydrogen-bond acceptors (Lipinski definition) is 3. The molecule has 0 fully saturated rings. The Balaban J connectivity index is 2.56. The number of nitrogens with zero attached hydrogens (tertiary/aromatic N) is 2. The van der Waals surface area contributed by atoms with Crippen LogP contribution in [0, 0.1) is 0 Å². The Morgan fingerprint density at radius 1 is 1.29 bits per heavy atom. The Morgan fingerprint density at radius 2 is 1.90 bits per heavy atom. The minimum atomic E-state index is -0.374. The number of ether oxygens (including phenoxy) is 1. The second kappa shape index (κ2) is 6.50. The van der Waals surface area contributed by atoms with Crippen LogP contribution < -0.4 is 0 Å². The Kier molecular flexibility index (Phi) is 4.91. The summed E-state index contributed by atoms with van der Waals surface area (Å²) >= 11 is 12.1.